The van der Waals surface area contributed by atoms with Gasteiger partial charge in [0.1, 0.15) is 16.9 Å². The number of nitrogens with one attached hydrogen (secondary N) is 3. The van der Waals surface area contributed by atoms with E-state index < -0.39 is 21.4 Å². The average molecular weight is 573 g/mol. The molecule has 0 unspecified atom stereocenters. The van der Waals surface area contributed by atoms with Crippen LogP contribution in [0.15, 0.2) is 30.5 Å². The Kier molecular flexibility index (Phi) is 8.77. The van der Waals surface area contributed by atoms with E-state index in [1.165, 1.54) is 12.1 Å². The largest absolute Gasteiger partial charge is 0.444 e. The molecule has 3 N–H and O–H groups in total. The second-order valence-corrected chi connectivity index (χ2v) is 13.0. The summed E-state index contributed by atoms with van der Waals surface area (Å²) in [7, 11) is -3.60. The highest BCUT2D eigenvalue weighted by molar-refractivity contribution is 7.92. The Bertz CT molecular complexity index is 1480. The average Bonchev–Trinajstić information content (AvgIpc) is 2.85. The number of pyridine rings is 1. The summed E-state index contributed by atoms with van der Waals surface area (Å²) in [6, 6.07) is 6.37. The molecule has 2 heterocycles. The Hall–Kier alpha value is -3.54. The first-order chi connectivity index (χ1) is 18.8. The van der Waals surface area contributed by atoms with E-state index in [-0.39, 0.29) is 29.6 Å². The number of ether oxygens (including phenoxy) is 1. The van der Waals surface area contributed by atoms with E-state index in [1.54, 1.807) is 19.2 Å². The van der Waals surface area contributed by atoms with Gasteiger partial charge in [0, 0.05) is 17.6 Å². The van der Waals surface area contributed by atoms with E-state index in [9.17, 15) is 17.6 Å². The predicted molar refractivity (Wildman–Crippen MR) is 154 cm³/mol. The molecule has 1 fully saturated rings. The number of halogens is 1. The van der Waals surface area contributed by atoms with Crippen molar-refractivity contribution in [3.05, 3.63) is 41.8 Å². The molecule has 1 aliphatic rings. The molecule has 0 spiro atoms. The normalized spacial score (nSPS) is 17.9. The molecule has 216 valence electrons. The van der Waals surface area contributed by atoms with Crippen molar-refractivity contribution in [2.45, 2.75) is 84.4 Å². The van der Waals surface area contributed by atoms with Crippen molar-refractivity contribution in [2.75, 3.05) is 15.8 Å². The van der Waals surface area contributed by atoms with Gasteiger partial charge in [0.05, 0.1) is 28.8 Å². The quantitative estimate of drug-likeness (QED) is 0.320. The highest BCUT2D eigenvalue weighted by Gasteiger charge is 2.25. The summed E-state index contributed by atoms with van der Waals surface area (Å²) in [4.78, 5) is 25.8. The van der Waals surface area contributed by atoms with E-state index >= 15 is 0 Å². The van der Waals surface area contributed by atoms with E-state index in [0.717, 1.165) is 31.2 Å². The molecule has 0 bridgehead atoms. The molecule has 3 aromatic rings. The van der Waals surface area contributed by atoms with Crippen LogP contribution < -0.4 is 15.4 Å². The second-order valence-electron chi connectivity index (χ2n) is 11.2. The lowest BCUT2D eigenvalue weighted by Crippen LogP contribution is -2.42. The molecule has 2 aromatic heterocycles. The summed E-state index contributed by atoms with van der Waals surface area (Å²) in [5.41, 5.74) is 2.53. The third kappa shape index (κ3) is 7.77. The van der Waals surface area contributed by atoms with Gasteiger partial charge in [-0.1, -0.05) is 13.0 Å². The topological polar surface area (TPSA) is 135 Å². The van der Waals surface area contributed by atoms with Crippen LogP contribution in [0.2, 0.25) is 0 Å². The van der Waals surface area contributed by atoms with Crippen LogP contribution in [0.3, 0.4) is 0 Å². The molecule has 0 atom stereocenters. The molecule has 1 saturated carbocycles. The molecule has 0 saturated heterocycles. The van der Waals surface area contributed by atoms with Crippen LogP contribution in [0.5, 0.6) is 0 Å². The zero-order valence-corrected chi connectivity index (χ0v) is 24.4. The third-order valence-electron chi connectivity index (χ3n) is 6.52. The summed E-state index contributed by atoms with van der Waals surface area (Å²) in [5, 5.41) is 6.35. The van der Waals surface area contributed by atoms with Crippen LogP contribution in [0.1, 0.15) is 65.4 Å². The van der Waals surface area contributed by atoms with Gasteiger partial charge in [-0.25, -0.2) is 32.6 Å². The highest BCUT2D eigenvalue weighted by atomic mass is 32.2. The van der Waals surface area contributed by atoms with Gasteiger partial charge < -0.3 is 15.4 Å². The lowest BCUT2D eigenvalue weighted by Gasteiger charge is -2.30. The molecule has 10 nitrogen and oxygen atoms in total. The van der Waals surface area contributed by atoms with Crippen molar-refractivity contribution in [3.63, 3.8) is 0 Å². The summed E-state index contributed by atoms with van der Waals surface area (Å²) in [6.07, 6.45) is 5.04. The SMILES string of the molecule is CCCS(=O)(=O)Nc1ccc(-c2cc(C)c3nc(N[C@H]4CC[C@H](NC(=O)OC(C)(C)C)CC4)ncc3n2)cc1F. The predicted octanol–water partition coefficient (Wildman–Crippen LogP) is 5.54. The van der Waals surface area contributed by atoms with Gasteiger partial charge in [-0.2, -0.15) is 0 Å². The molecular weight excluding hydrogens is 535 g/mol. The lowest BCUT2D eigenvalue weighted by atomic mass is 9.91. The van der Waals surface area contributed by atoms with Crippen molar-refractivity contribution in [2.24, 2.45) is 0 Å². The summed E-state index contributed by atoms with van der Waals surface area (Å²) < 4.78 is 46.4. The third-order valence-corrected chi connectivity index (χ3v) is 8.00. The zero-order valence-electron chi connectivity index (χ0n) is 23.5. The van der Waals surface area contributed by atoms with Crippen LogP contribution >= 0.6 is 0 Å². The Morgan fingerprint density at radius 2 is 1.80 bits per heavy atom. The van der Waals surface area contributed by atoms with Gasteiger partial charge in [0.15, 0.2) is 0 Å². The molecule has 12 heteroatoms. The van der Waals surface area contributed by atoms with Crippen molar-refractivity contribution in [3.8, 4) is 11.3 Å². The minimum Gasteiger partial charge on any atom is -0.444 e. The van der Waals surface area contributed by atoms with Gasteiger partial charge in [0.25, 0.3) is 0 Å². The van der Waals surface area contributed by atoms with Gasteiger partial charge >= 0.3 is 6.09 Å². The molecule has 1 aliphatic carbocycles. The Balaban J connectivity index is 1.41. The maximum Gasteiger partial charge on any atom is 0.407 e. The maximum absolute atomic E-state index is 14.7. The fourth-order valence-corrected chi connectivity index (χ4v) is 5.82. The number of nitrogens with zero attached hydrogens (tertiary/aromatic N) is 3. The van der Waals surface area contributed by atoms with E-state index in [2.05, 4.69) is 30.3 Å². The summed E-state index contributed by atoms with van der Waals surface area (Å²) in [5.74, 6) is -0.254. The Morgan fingerprint density at radius 1 is 1.10 bits per heavy atom. The van der Waals surface area contributed by atoms with Crippen LogP contribution in [0, 0.1) is 12.7 Å². The number of aromatic nitrogens is 3. The summed E-state index contributed by atoms with van der Waals surface area (Å²) >= 11 is 0. The molecule has 0 radical (unpaired) electrons. The number of rotatable bonds is 8. The molecule has 1 aromatic carbocycles. The summed E-state index contributed by atoms with van der Waals surface area (Å²) in [6.45, 7) is 9.18. The fraction of sp³-hybridized carbons (Fsp3) is 0.500. The van der Waals surface area contributed by atoms with E-state index in [0.29, 0.717) is 34.7 Å². The van der Waals surface area contributed by atoms with E-state index in [1.807, 2.05) is 33.8 Å². The Labute approximate surface area is 234 Å². The number of hydrogen-bond acceptors (Lipinski definition) is 8. The number of sulfonamides is 1. The van der Waals surface area contributed by atoms with Gasteiger partial charge in [0.2, 0.25) is 16.0 Å². The van der Waals surface area contributed by atoms with Crippen LogP contribution in [0.4, 0.5) is 20.8 Å². The number of benzene rings is 1. The van der Waals surface area contributed by atoms with Crippen molar-refractivity contribution in [1.82, 2.24) is 20.3 Å². The van der Waals surface area contributed by atoms with Gasteiger partial charge in [-0.15, -0.1) is 0 Å². The number of aryl methyl sites for hydroxylation is 1. The number of carbonyl (C=O) groups is 1. The molecule has 1 amide bonds. The highest BCUT2D eigenvalue weighted by Crippen LogP contribution is 2.28. The lowest BCUT2D eigenvalue weighted by molar-refractivity contribution is 0.0492. The number of carbonyl (C=O) groups excluding carboxylic acids is 1. The first-order valence-corrected chi connectivity index (χ1v) is 15.2. The Morgan fingerprint density at radius 3 is 2.45 bits per heavy atom. The maximum atomic E-state index is 14.7. The first-order valence-electron chi connectivity index (χ1n) is 13.5. The minimum atomic E-state index is -3.60. The second kappa shape index (κ2) is 11.9. The monoisotopic (exact) mass is 572 g/mol. The van der Waals surface area contributed by atoms with Crippen molar-refractivity contribution in [1.29, 1.82) is 0 Å². The number of hydrogen-bond donors (Lipinski definition) is 3. The zero-order chi connectivity index (χ0) is 29.1. The van der Waals surface area contributed by atoms with Crippen LogP contribution in [-0.2, 0) is 14.8 Å². The molecular formula is C28H37FN6O4S. The van der Waals surface area contributed by atoms with Crippen LogP contribution in [-0.4, -0.2) is 52.9 Å². The number of amides is 1. The van der Waals surface area contributed by atoms with Gasteiger partial charge in [-0.05, 0) is 83.6 Å². The molecule has 4 rings (SSSR count). The number of alkyl carbamates (subject to hydrolysis) is 1. The minimum absolute atomic E-state index is 0.0747. The number of fused-ring (bicyclic) bond motifs is 1. The first kappa shape index (κ1) is 29.4. The standard InChI is InChI=1S/C28H37FN6O4S/c1-6-13-40(37,38)35-22-12-7-18(15-21(22)29)23-14-17(2)25-24(33-23)16-30-26(34-25)31-19-8-10-20(11-9-19)32-27(36)39-28(3,4)5/h7,12,14-16,19-20,35H,6,8-11,13H2,1-5H3,(H,32,36)(H,30,31,34)/t19-,20-. The van der Waals surface area contributed by atoms with Gasteiger partial charge in [-0.3, -0.25) is 4.72 Å². The fourth-order valence-electron chi connectivity index (χ4n) is 4.68. The van der Waals surface area contributed by atoms with Crippen molar-refractivity contribution >= 4 is 38.8 Å². The van der Waals surface area contributed by atoms with Crippen LogP contribution in [0.25, 0.3) is 22.3 Å². The molecule has 40 heavy (non-hydrogen) atoms. The smallest absolute Gasteiger partial charge is 0.407 e. The van der Waals surface area contributed by atoms with Crippen molar-refractivity contribution < 1.29 is 22.3 Å². The van der Waals surface area contributed by atoms with E-state index in [4.69, 9.17) is 4.74 Å². The molecule has 0 aliphatic heterocycles. The number of anilines is 2.